The van der Waals surface area contributed by atoms with Gasteiger partial charge in [0, 0.05) is 11.3 Å². The zero-order chi connectivity index (χ0) is 24.0. The van der Waals surface area contributed by atoms with Crippen molar-refractivity contribution >= 4 is 33.9 Å². The van der Waals surface area contributed by atoms with E-state index in [-0.39, 0.29) is 17.1 Å². The molecule has 1 amide bonds. The number of aliphatic hydroxyl groups is 1. The molecule has 0 bridgehead atoms. The van der Waals surface area contributed by atoms with Crippen molar-refractivity contribution in [2.45, 2.75) is 19.9 Å². The van der Waals surface area contributed by atoms with E-state index in [9.17, 15) is 19.8 Å². The number of rotatable bonds is 3. The maximum Gasteiger partial charge on any atom is 0.300 e. The molecule has 4 aromatic carbocycles. The summed E-state index contributed by atoms with van der Waals surface area (Å²) in [6, 6.07) is 24.3. The fourth-order valence-electron chi connectivity index (χ4n) is 4.65. The highest BCUT2D eigenvalue weighted by Gasteiger charge is 2.47. The van der Waals surface area contributed by atoms with Crippen LogP contribution in [0, 0.1) is 13.8 Å². The first-order chi connectivity index (χ1) is 16.3. The molecule has 0 saturated carbocycles. The third-order valence-electron chi connectivity index (χ3n) is 6.16. The number of Topliss-reactive ketones (excluding diaryl/α,β-unsaturated/α-hetero) is 1. The number of aromatic hydroxyl groups is 1. The van der Waals surface area contributed by atoms with Gasteiger partial charge in [-0.2, -0.15) is 0 Å². The Bertz CT molecular complexity index is 1460. The molecule has 1 saturated heterocycles. The van der Waals surface area contributed by atoms with Gasteiger partial charge in [-0.15, -0.1) is 0 Å². The molecule has 2 N–H and O–H groups in total. The van der Waals surface area contributed by atoms with E-state index in [1.54, 1.807) is 18.2 Å². The third kappa shape index (κ3) is 3.61. The van der Waals surface area contributed by atoms with Crippen molar-refractivity contribution in [3.63, 3.8) is 0 Å². The van der Waals surface area contributed by atoms with Gasteiger partial charge < -0.3 is 10.2 Å². The van der Waals surface area contributed by atoms with Crippen LogP contribution in [-0.2, 0) is 9.59 Å². The van der Waals surface area contributed by atoms with Crippen LogP contribution in [0.4, 0.5) is 5.69 Å². The summed E-state index contributed by atoms with van der Waals surface area (Å²) in [6.07, 6.45) is 0. The second-order valence-corrected chi connectivity index (χ2v) is 8.67. The Morgan fingerprint density at radius 2 is 1.44 bits per heavy atom. The molecule has 5 rings (SSSR count). The SMILES string of the molecule is Cc1cc(C)cc(N2C(=O)C(=O)/C(=C(\O)c3ccc4ccccc4c3)C2c2ccc(O)cc2)c1. The summed E-state index contributed by atoms with van der Waals surface area (Å²) in [5.74, 6) is -1.61. The lowest BCUT2D eigenvalue weighted by atomic mass is 9.94. The normalized spacial score (nSPS) is 17.5. The summed E-state index contributed by atoms with van der Waals surface area (Å²) in [4.78, 5) is 28.1. The molecule has 1 atom stereocenters. The van der Waals surface area contributed by atoms with Crippen molar-refractivity contribution in [2.75, 3.05) is 4.90 Å². The monoisotopic (exact) mass is 449 g/mol. The Labute approximate surface area is 197 Å². The van der Waals surface area contributed by atoms with Crippen molar-refractivity contribution in [3.8, 4) is 5.75 Å². The van der Waals surface area contributed by atoms with Gasteiger partial charge in [0.25, 0.3) is 11.7 Å². The quantitative estimate of drug-likeness (QED) is 0.236. The Morgan fingerprint density at radius 3 is 2.12 bits per heavy atom. The zero-order valence-electron chi connectivity index (χ0n) is 18.8. The van der Waals surface area contributed by atoms with Gasteiger partial charge in [0.2, 0.25) is 0 Å². The van der Waals surface area contributed by atoms with E-state index < -0.39 is 17.7 Å². The van der Waals surface area contributed by atoms with Crippen LogP contribution in [0.1, 0.15) is 28.3 Å². The summed E-state index contributed by atoms with van der Waals surface area (Å²) in [7, 11) is 0. The molecule has 1 unspecified atom stereocenters. The number of carbonyl (C=O) groups is 2. The topological polar surface area (TPSA) is 77.8 Å². The van der Waals surface area contributed by atoms with Gasteiger partial charge in [-0.1, -0.05) is 54.6 Å². The standard InChI is InChI=1S/C29H23NO4/c1-17-13-18(2)15-23(14-17)30-26(20-9-11-24(31)12-10-20)25(28(33)29(30)34)27(32)22-8-7-19-5-3-4-6-21(19)16-22/h3-16,26,31-32H,1-2H3/b27-25-. The molecule has 0 radical (unpaired) electrons. The fraction of sp³-hybridized carbons (Fsp3) is 0.103. The number of hydrogen-bond acceptors (Lipinski definition) is 4. The highest BCUT2D eigenvalue weighted by atomic mass is 16.3. The van der Waals surface area contributed by atoms with E-state index in [1.807, 2.05) is 68.4 Å². The molecule has 5 heteroatoms. The summed E-state index contributed by atoms with van der Waals surface area (Å²) >= 11 is 0. The van der Waals surface area contributed by atoms with Gasteiger partial charge >= 0.3 is 0 Å². The van der Waals surface area contributed by atoms with E-state index in [0.717, 1.165) is 21.9 Å². The minimum absolute atomic E-state index is 0.0186. The molecular formula is C29H23NO4. The van der Waals surface area contributed by atoms with Crippen molar-refractivity contribution in [1.29, 1.82) is 0 Å². The first-order valence-corrected chi connectivity index (χ1v) is 11.0. The molecule has 0 aliphatic carbocycles. The number of amides is 1. The Balaban J connectivity index is 1.74. The predicted octanol–water partition coefficient (Wildman–Crippen LogP) is 5.79. The number of aryl methyl sites for hydroxylation is 2. The molecule has 34 heavy (non-hydrogen) atoms. The second kappa shape index (κ2) is 8.19. The molecule has 1 aliphatic rings. The molecule has 0 aromatic heterocycles. The lowest BCUT2D eigenvalue weighted by Crippen LogP contribution is -2.29. The number of anilines is 1. The molecule has 5 nitrogen and oxygen atoms in total. The molecule has 4 aromatic rings. The van der Waals surface area contributed by atoms with Gasteiger partial charge in [-0.05, 0) is 71.6 Å². The number of benzene rings is 4. The van der Waals surface area contributed by atoms with Crippen LogP contribution < -0.4 is 4.90 Å². The Hall–Kier alpha value is -4.38. The highest BCUT2D eigenvalue weighted by molar-refractivity contribution is 6.51. The second-order valence-electron chi connectivity index (χ2n) is 8.67. The molecule has 0 spiro atoms. The number of aliphatic hydroxyl groups excluding tert-OH is 1. The van der Waals surface area contributed by atoms with Gasteiger partial charge in [0.1, 0.15) is 11.5 Å². The van der Waals surface area contributed by atoms with E-state index in [2.05, 4.69) is 0 Å². The average molecular weight is 450 g/mol. The number of nitrogens with zero attached hydrogens (tertiary/aromatic N) is 1. The molecule has 1 aliphatic heterocycles. The van der Waals surface area contributed by atoms with Crippen molar-refractivity contribution in [3.05, 3.63) is 113 Å². The smallest absolute Gasteiger partial charge is 0.300 e. The van der Waals surface area contributed by atoms with Crippen LogP contribution >= 0.6 is 0 Å². The summed E-state index contributed by atoms with van der Waals surface area (Å²) in [5, 5.41) is 23.1. The van der Waals surface area contributed by atoms with Crippen LogP contribution in [0.5, 0.6) is 5.75 Å². The lowest BCUT2D eigenvalue weighted by molar-refractivity contribution is -0.132. The number of carbonyl (C=O) groups excluding carboxylic acids is 2. The highest BCUT2D eigenvalue weighted by Crippen LogP contribution is 2.43. The lowest BCUT2D eigenvalue weighted by Gasteiger charge is -2.26. The van der Waals surface area contributed by atoms with E-state index >= 15 is 0 Å². The first kappa shape index (κ1) is 21.5. The van der Waals surface area contributed by atoms with Crippen LogP contribution in [0.3, 0.4) is 0 Å². The van der Waals surface area contributed by atoms with E-state index in [4.69, 9.17) is 0 Å². The van der Waals surface area contributed by atoms with Gasteiger partial charge in [0.15, 0.2) is 0 Å². The van der Waals surface area contributed by atoms with Crippen molar-refractivity contribution < 1.29 is 19.8 Å². The minimum atomic E-state index is -0.840. The summed E-state index contributed by atoms with van der Waals surface area (Å²) in [6.45, 7) is 3.86. The van der Waals surface area contributed by atoms with Crippen LogP contribution in [0.15, 0.2) is 90.5 Å². The maximum absolute atomic E-state index is 13.3. The van der Waals surface area contributed by atoms with Gasteiger partial charge in [0.05, 0.1) is 11.6 Å². The van der Waals surface area contributed by atoms with Crippen LogP contribution in [0.2, 0.25) is 0 Å². The largest absolute Gasteiger partial charge is 0.508 e. The number of ketones is 1. The summed E-state index contributed by atoms with van der Waals surface area (Å²) < 4.78 is 0. The van der Waals surface area contributed by atoms with Crippen LogP contribution in [0.25, 0.3) is 16.5 Å². The Morgan fingerprint density at radius 1 is 0.794 bits per heavy atom. The van der Waals surface area contributed by atoms with Crippen molar-refractivity contribution in [1.82, 2.24) is 0 Å². The fourth-order valence-corrected chi connectivity index (χ4v) is 4.65. The predicted molar refractivity (Wildman–Crippen MR) is 133 cm³/mol. The average Bonchev–Trinajstić information content (AvgIpc) is 3.08. The maximum atomic E-state index is 13.3. The number of phenols is 1. The van der Waals surface area contributed by atoms with Crippen molar-refractivity contribution in [2.24, 2.45) is 0 Å². The third-order valence-corrected chi connectivity index (χ3v) is 6.16. The first-order valence-electron chi connectivity index (χ1n) is 11.0. The van der Waals surface area contributed by atoms with Gasteiger partial charge in [-0.25, -0.2) is 0 Å². The molecule has 1 heterocycles. The van der Waals surface area contributed by atoms with E-state index in [1.165, 1.54) is 17.0 Å². The minimum Gasteiger partial charge on any atom is -0.508 e. The number of phenolic OH excluding ortho intramolecular Hbond substituents is 1. The van der Waals surface area contributed by atoms with E-state index in [0.29, 0.717) is 16.8 Å². The van der Waals surface area contributed by atoms with Gasteiger partial charge in [-0.3, -0.25) is 14.5 Å². The zero-order valence-corrected chi connectivity index (χ0v) is 18.8. The van der Waals surface area contributed by atoms with Crippen LogP contribution in [-0.4, -0.2) is 21.9 Å². The summed E-state index contributed by atoms with van der Waals surface area (Å²) in [5.41, 5.74) is 3.58. The number of fused-ring (bicyclic) bond motifs is 1. The number of hydrogen-bond donors (Lipinski definition) is 2. The molecular weight excluding hydrogens is 426 g/mol. The Kier molecular flexibility index (Phi) is 5.17. The molecule has 1 fully saturated rings. The molecule has 168 valence electrons.